The summed E-state index contributed by atoms with van der Waals surface area (Å²) in [5.74, 6) is -1.26. The van der Waals surface area contributed by atoms with Crippen molar-refractivity contribution >= 4 is 11.9 Å². The zero-order valence-corrected chi connectivity index (χ0v) is 10.0. The first-order valence-corrected chi connectivity index (χ1v) is 5.40. The number of aliphatic carboxylic acids is 1. The Hall–Kier alpha value is -1.10. The minimum absolute atomic E-state index is 0.0135. The zero-order chi connectivity index (χ0) is 12.3. The maximum Gasteiger partial charge on any atom is 0.308 e. The summed E-state index contributed by atoms with van der Waals surface area (Å²) in [7, 11) is 1.57. The lowest BCUT2D eigenvalue weighted by molar-refractivity contribution is -0.152. The molecule has 0 radical (unpaired) electrons. The van der Waals surface area contributed by atoms with Gasteiger partial charge in [0, 0.05) is 20.1 Å². The van der Waals surface area contributed by atoms with Gasteiger partial charge in [-0.1, -0.05) is 0 Å². The molecular weight excluding hydrogens is 210 g/mol. The lowest BCUT2D eigenvalue weighted by Crippen LogP contribution is -2.55. The van der Waals surface area contributed by atoms with Crippen LogP contribution in [-0.2, 0) is 14.3 Å². The van der Waals surface area contributed by atoms with Crippen LogP contribution < -0.4 is 0 Å². The summed E-state index contributed by atoms with van der Waals surface area (Å²) in [4.78, 5) is 24.3. The SMILES string of the molecule is COCC(C)(C)N1CC(C(=O)O)CCC1=O. The fourth-order valence-electron chi connectivity index (χ4n) is 2.06. The highest BCUT2D eigenvalue weighted by Gasteiger charge is 2.38. The molecule has 0 aromatic heterocycles. The predicted molar refractivity (Wildman–Crippen MR) is 58.0 cm³/mol. The van der Waals surface area contributed by atoms with Gasteiger partial charge in [0.25, 0.3) is 0 Å². The average molecular weight is 229 g/mol. The number of hydrogen-bond donors (Lipinski definition) is 1. The van der Waals surface area contributed by atoms with Crippen LogP contribution in [0.5, 0.6) is 0 Å². The first-order chi connectivity index (χ1) is 7.38. The third-order valence-electron chi connectivity index (χ3n) is 2.99. The maximum absolute atomic E-state index is 11.8. The van der Waals surface area contributed by atoms with Crippen molar-refractivity contribution in [2.75, 3.05) is 20.3 Å². The number of ether oxygens (including phenoxy) is 1. The molecule has 1 amide bonds. The summed E-state index contributed by atoms with van der Waals surface area (Å²) in [6.45, 7) is 4.47. The van der Waals surface area contributed by atoms with Gasteiger partial charge in [-0.3, -0.25) is 9.59 Å². The Balaban J connectivity index is 2.76. The molecule has 5 nitrogen and oxygen atoms in total. The van der Waals surface area contributed by atoms with Gasteiger partial charge in [0.05, 0.1) is 18.1 Å². The van der Waals surface area contributed by atoms with Crippen LogP contribution in [0, 0.1) is 5.92 Å². The minimum Gasteiger partial charge on any atom is -0.481 e. The van der Waals surface area contributed by atoms with E-state index in [9.17, 15) is 9.59 Å². The molecule has 0 saturated carbocycles. The second-order valence-corrected chi connectivity index (χ2v) is 4.82. The van der Waals surface area contributed by atoms with E-state index in [0.717, 1.165) is 0 Å². The lowest BCUT2D eigenvalue weighted by atomic mass is 9.92. The van der Waals surface area contributed by atoms with Gasteiger partial charge in [-0.25, -0.2) is 0 Å². The van der Waals surface area contributed by atoms with Gasteiger partial charge in [-0.05, 0) is 20.3 Å². The van der Waals surface area contributed by atoms with E-state index in [4.69, 9.17) is 9.84 Å². The molecule has 1 rings (SSSR count). The second-order valence-electron chi connectivity index (χ2n) is 4.82. The van der Waals surface area contributed by atoms with Crippen LogP contribution >= 0.6 is 0 Å². The predicted octanol–water partition coefficient (Wildman–Crippen LogP) is 0.735. The molecule has 1 atom stereocenters. The van der Waals surface area contributed by atoms with Crippen LogP contribution in [0.2, 0.25) is 0 Å². The van der Waals surface area contributed by atoms with Gasteiger partial charge < -0.3 is 14.7 Å². The molecule has 0 spiro atoms. The highest BCUT2D eigenvalue weighted by Crippen LogP contribution is 2.25. The number of carbonyl (C=O) groups excluding carboxylic acids is 1. The fraction of sp³-hybridized carbons (Fsp3) is 0.818. The summed E-state index contributed by atoms with van der Waals surface area (Å²) < 4.78 is 5.06. The van der Waals surface area contributed by atoms with Crippen LogP contribution in [0.3, 0.4) is 0 Å². The van der Waals surface area contributed by atoms with Gasteiger partial charge in [0.1, 0.15) is 0 Å². The monoisotopic (exact) mass is 229 g/mol. The van der Waals surface area contributed by atoms with E-state index in [1.54, 1.807) is 12.0 Å². The average Bonchev–Trinajstić information content (AvgIpc) is 2.17. The Bertz CT molecular complexity index is 288. The number of hydrogen-bond acceptors (Lipinski definition) is 3. The number of likely N-dealkylation sites (tertiary alicyclic amines) is 1. The summed E-state index contributed by atoms with van der Waals surface area (Å²) in [5.41, 5.74) is -0.444. The van der Waals surface area contributed by atoms with Crippen molar-refractivity contribution in [2.45, 2.75) is 32.2 Å². The van der Waals surface area contributed by atoms with E-state index in [-0.39, 0.29) is 12.5 Å². The summed E-state index contributed by atoms with van der Waals surface area (Å²) in [5, 5.41) is 8.97. The number of carboxylic acid groups (broad SMARTS) is 1. The molecule has 1 unspecified atom stereocenters. The van der Waals surface area contributed by atoms with E-state index in [2.05, 4.69) is 0 Å². The first kappa shape index (κ1) is 13.0. The molecule has 1 fully saturated rings. The first-order valence-electron chi connectivity index (χ1n) is 5.40. The molecule has 1 N–H and O–H groups in total. The van der Waals surface area contributed by atoms with Gasteiger partial charge in [0.15, 0.2) is 0 Å². The van der Waals surface area contributed by atoms with Crippen LogP contribution in [0.1, 0.15) is 26.7 Å². The van der Waals surface area contributed by atoms with Crippen molar-refractivity contribution < 1.29 is 19.4 Å². The summed E-state index contributed by atoms with van der Waals surface area (Å²) in [6.07, 6.45) is 0.748. The van der Waals surface area contributed by atoms with Crippen molar-refractivity contribution in [1.82, 2.24) is 4.90 Å². The number of methoxy groups -OCH3 is 1. The van der Waals surface area contributed by atoms with Crippen molar-refractivity contribution in [2.24, 2.45) is 5.92 Å². The number of rotatable bonds is 4. The molecule has 1 aliphatic rings. The highest BCUT2D eigenvalue weighted by atomic mass is 16.5. The molecule has 1 heterocycles. The van der Waals surface area contributed by atoms with E-state index in [1.807, 2.05) is 13.8 Å². The Morgan fingerprint density at radius 1 is 1.62 bits per heavy atom. The minimum atomic E-state index is -0.828. The van der Waals surface area contributed by atoms with Crippen LogP contribution in [0.4, 0.5) is 0 Å². The number of carbonyl (C=O) groups is 2. The van der Waals surface area contributed by atoms with E-state index in [0.29, 0.717) is 19.4 Å². The molecule has 0 aromatic carbocycles. The molecule has 5 heteroatoms. The van der Waals surface area contributed by atoms with E-state index < -0.39 is 17.4 Å². The number of piperidine rings is 1. The smallest absolute Gasteiger partial charge is 0.308 e. The van der Waals surface area contributed by atoms with Crippen molar-refractivity contribution in [3.05, 3.63) is 0 Å². The van der Waals surface area contributed by atoms with Crippen LogP contribution in [0.15, 0.2) is 0 Å². The molecule has 16 heavy (non-hydrogen) atoms. The quantitative estimate of drug-likeness (QED) is 0.772. The van der Waals surface area contributed by atoms with Gasteiger partial charge in [-0.2, -0.15) is 0 Å². The van der Waals surface area contributed by atoms with Crippen molar-refractivity contribution in [1.29, 1.82) is 0 Å². The standard InChI is InChI=1S/C11H19NO4/c1-11(2,7-16-3)12-6-8(10(14)15)4-5-9(12)13/h8H,4-7H2,1-3H3,(H,14,15). The Morgan fingerprint density at radius 3 is 2.75 bits per heavy atom. The lowest BCUT2D eigenvalue weighted by Gasteiger charge is -2.42. The van der Waals surface area contributed by atoms with Gasteiger partial charge in [-0.15, -0.1) is 0 Å². The second kappa shape index (κ2) is 4.82. The molecule has 0 aliphatic carbocycles. The highest BCUT2D eigenvalue weighted by molar-refractivity contribution is 5.81. The molecular formula is C11H19NO4. The molecule has 1 aliphatic heterocycles. The number of amides is 1. The topological polar surface area (TPSA) is 66.8 Å². The molecule has 1 saturated heterocycles. The van der Waals surface area contributed by atoms with Gasteiger partial charge in [0.2, 0.25) is 5.91 Å². The van der Waals surface area contributed by atoms with Crippen molar-refractivity contribution in [3.8, 4) is 0 Å². The normalized spacial score (nSPS) is 22.3. The largest absolute Gasteiger partial charge is 0.481 e. The molecule has 0 aromatic rings. The number of nitrogens with zero attached hydrogens (tertiary/aromatic N) is 1. The van der Waals surface area contributed by atoms with Gasteiger partial charge >= 0.3 is 5.97 Å². The maximum atomic E-state index is 11.8. The molecule has 0 bridgehead atoms. The Morgan fingerprint density at radius 2 is 2.25 bits per heavy atom. The van der Waals surface area contributed by atoms with E-state index in [1.165, 1.54) is 0 Å². The summed E-state index contributed by atoms with van der Waals surface area (Å²) >= 11 is 0. The Labute approximate surface area is 95.4 Å². The van der Waals surface area contributed by atoms with Crippen molar-refractivity contribution in [3.63, 3.8) is 0 Å². The third kappa shape index (κ3) is 2.72. The third-order valence-corrected chi connectivity index (χ3v) is 2.99. The zero-order valence-electron chi connectivity index (χ0n) is 10.0. The van der Waals surface area contributed by atoms with Crippen LogP contribution in [-0.4, -0.2) is 47.7 Å². The Kier molecular flexibility index (Phi) is 3.91. The fourth-order valence-corrected chi connectivity index (χ4v) is 2.06. The van der Waals surface area contributed by atoms with Crippen LogP contribution in [0.25, 0.3) is 0 Å². The van der Waals surface area contributed by atoms with E-state index >= 15 is 0 Å². The molecule has 92 valence electrons. The summed E-state index contributed by atoms with van der Waals surface area (Å²) in [6, 6.07) is 0. The number of carboxylic acids is 1.